The quantitative estimate of drug-likeness (QED) is 0.192. The standard InChI is InChI=1S/C13H22NO3P/c1-7-17-11(16)10(8-15)9-18-12(14(5)6)13(2,3)4/h8-9H,7H2,1-6H3/b10-9+. The van der Waals surface area contributed by atoms with Gasteiger partial charge in [-0.25, -0.2) is 4.79 Å². The average molecular weight is 271 g/mol. The third-order valence-electron chi connectivity index (χ3n) is 2.06. The molecule has 0 amide bonds. The first-order valence-corrected chi connectivity index (χ1v) is 6.78. The second-order valence-electron chi connectivity index (χ2n) is 5.02. The van der Waals surface area contributed by atoms with Gasteiger partial charge in [-0.3, -0.25) is 9.69 Å². The lowest BCUT2D eigenvalue weighted by Gasteiger charge is -2.27. The molecule has 0 fully saturated rings. The number of carbonyl (C=O) groups is 2. The van der Waals surface area contributed by atoms with Crippen LogP contribution < -0.4 is 0 Å². The first-order chi connectivity index (χ1) is 8.23. The topological polar surface area (TPSA) is 46.6 Å². The number of hydrogen-bond acceptors (Lipinski definition) is 3. The van der Waals surface area contributed by atoms with E-state index in [1.807, 2.05) is 19.0 Å². The van der Waals surface area contributed by atoms with Gasteiger partial charge in [0, 0.05) is 10.8 Å². The number of ether oxygens (including phenoxy) is 1. The van der Waals surface area contributed by atoms with Crippen LogP contribution in [0.2, 0.25) is 0 Å². The highest BCUT2D eigenvalue weighted by Gasteiger charge is 2.19. The maximum atomic E-state index is 11.5. The minimum Gasteiger partial charge on any atom is -0.462 e. The molecule has 0 aliphatic carbocycles. The summed E-state index contributed by atoms with van der Waals surface area (Å²) in [5, 5.41) is 0. The maximum Gasteiger partial charge on any atom is 0.341 e. The Morgan fingerprint density at radius 2 is 1.89 bits per heavy atom. The van der Waals surface area contributed by atoms with E-state index in [2.05, 4.69) is 20.8 Å². The molecule has 0 saturated carbocycles. The summed E-state index contributed by atoms with van der Waals surface area (Å²) in [6.07, 6.45) is 0.543. The number of nitrogens with zero attached hydrogens (tertiary/aromatic N) is 1. The van der Waals surface area contributed by atoms with E-state index in [-0.39, 0.29) is 17.6 Å². The Bertz CT molecular complexity index is 365. The van der Waals surface area contributed by atoms with Crippen molar-refractivity contribution in [2.75, 3.05) is 20.7 Å². The predicted molar refractivity (Wildman–Crippen MR) is 75.8 cm³/mol. The van der Waals surface area contributed by atoms with Gasteiger partial charge in [-0.05, 0) is 26.8 Å². The highest BCUT2D eigenvalue weighted by atomic mass is 31.1. The lowest BCUT2D eigenvalue weighted by atomic mass is 9.96. The molecule has 0 spiro atoms. The Kier molecular flexibility index (Phi) is 7.04. The van der Waals surface area contributed by atoms with E-state index in [9.17, 15) is 9.59 Å². The Morgan fingerprint density at radius 1 is 1.33 bits per heavy atom. The highest BCUT2D eigenvalue weighted by molar-refractivity contribution is 7.44. The van der Waals surface area contributed by atoms with E-state index >= 15 is 0 Å². The summed E-state index contributed by atoms with van der Waals surface area (Å²) in [7, 11) is 4.73. The van der Waals surface area contributed by atoms with Crippen molar-refractivity contribution in [1.82, 2.24) is 4.90 Å². The van der Waals surface area contributed by atoms with Gasteiger partial charge in [0.25, 0.3) is 0 Å². The van der Waals surface area contributed by atoms with Crippen molar-refractivity contribution >= 4 is 25.9 Å². The molecule has 0 radical (unpaired) electrons. The van der Waals surface area contributed by atoms with Crippen LogP contribution in [0.5, 0.6) is 0 Å². The summed E-state index contributed by atoms with van der Waals surface area (Å²) in [4.78, 5) is 24.3. The molecule has 0 aromatic rings. The first kappa shape index (κ1) is 17.0. The summed E-state index contributed by atoms with van der Waals surface area (Å²) < 4.78 is 4.81. The van der Waals surface area contributed by atoms with E-state index in [0.717, 1.165) is 13.6 Å². The second-order valence-corrected chi connectivity index (χ2v) is 5.96. The molecule has 0 N–H and O–H groups in total. The van der Waals surface area contributed by atoms with Gasteiger partial charge < -0.3 is 4.74 Å². The minimum absolute atomic E-state index is 0.0236. The third kappa shape index (κ3) is 5.56. The van der Waals surface area contributed by atoms with Gasteiger partial charge >= 0.3 is 5.97 Å². The highest BCUT2D eigenvalue weighted by Crippen LogP contribution is 2.24. The van der Waals surface area contributed by atoms with Crippen LogP contribution in [0.25, 0.3) is 0 Å². The molecule has 0 aliphatic heterocycles. The molecule has 0 saturated heterocycles. The third-order valence-corrected chi connectivity index (χ3v) is 3.78. The zero-order valence-corrected chi connectivity index (χ0v) is 12.9. The Labute approximate surface area is 111 Å². The number of rotatable bonds is 5. The summed E-state index contributed by atoms with van der Waals surface area (Å²) in [6.45, 7) is 8.26. The van der Waals surface area contributed by atoms with Gasteiger partial charge in [-0.1, -0.05) is 29.0 Å². The fourth-order valence-electron chi connectivity index (χ4n) is 1.46. The molecular weight excluding hydrogens is 249 g/mol. The predicted octanol–water partition coefficient (Wildman–Crippen LogP) is 2.32. The van der Waals surface area contributed by atoms with Crippen LogP contribution in [0.4, 0.5) is 0 Å². The zero-order chi connectivity index (χ0) is 14.3. The molecule has 0 heterocycles. The van der Waals surface area contributed by atoms with E-state index in [0.29, 0.717) is 6.29 Å². The smallest absolute Gasteiger partial charge is 0.341 e. The van der Waals surface area contributed by atoms with Gasteiger partial charge in [0.1, 0.15) is 5.57 Å². The van der Waals surface area contributed by atoms with Crippen molar-refractivity contribution in [1.29, 1.82) is 0 Å². The van der Waals surface area contributed by atoms with Crippen molar-refractivity contribution in [2.45, 2.75) is 27.7 Å². The molecule has 0 aromatic heterocycles. The Hall–Kier alpha value is -0.990. The van der Waals surface area contributed by atoms with E-state index < -0.39 is 5.97 Å². The number of esters is 1. The lowest BCUT2D eigenvalue weighted by Crippen LogP contribution is -2.32. The number of carbonyl (C=O) groups excluding carboxylic acids is 2. The van der Waals surface area contributed by atoms with Gasteiger partial charge in [-0.2, -0.15) is 0 Å². The summed E-state index contributed by atoms with van der Waals surface area (Å²) >= 11 is 0. The first-order valence-electron chi connectivity index (χ1n) is 5.82. The molecule has 102 valence electrons. The van der Waals surface area contributed by atoms with Gasteiger partial charge in [-0.15, -0.1) is 0 Å². The molecule has 0 aliphatic rings. The van der Waals surface area contributed by atoms with Crippen LogP contribution in [-0.4, -0.2) is 43.3 Å². The van der Waals surface area contributed by atoms with E-state index in [4.69, 9.17) is 4.74 Å². The molecule has 5 heteroatoms. The summed E-state index contributed by atoms with van der Waals surface area (Å²) in [5.41, 5.74) is 1.16. The molecular formula is C13H22NO3P. The van der Waals surface area contributed by atoms with Crippen LogP contribution in [0.1, 0.15) is 27.7 Å². The Balaban J connectivity index is 5.24. The zero-order valence-electron chi connectivity index (χ0n) is 12.0. The second kappa shape index (κ2) is 7.45. The molecule has 0 bridgehead atoms. The van der Waals surface area contributed by atoms with E-state index in [1.54, 1.807) is 12.7 Å². The van der Waals surface area contributed by atoms with Crippen LogP contribution in [0.3, 0.4) is 0 Å². The molecule has 0 atom stereocenters. The van der Waals surface area contributed by atoms with Crippen molar-refractivity contribution in [2.24, 2.45) is 5.41 Å². The van der Waals surface area contributed by atoms with Crippen molar-refractivity contribution in [3.05, 3.63) is 11.4 Å². The van der Waals surface area contributed by atoms with Crippen molar-refractivity contribution in [3.8, 4) is 0 Å². The molecule has 0 aromatic carbocycles. The van der Waals surface area contributed by atoms with Gasteiger partial charge in [0.2, 0.25) is 0 Å². The minimum atomic E-state index is -0.563. The van der Waals surface area contributed by atoms with E-state index in [1.165, 1.54) is 0 Å². The number of hydrogen-bond donors (Lipinski definition) is 0. The molecule has 4 nitrogen and oxygen atoms in total. The molecule has 18 heavy (non-hydrogen) atoms. The van der Waals surface area contributed by atoms with Crippen LogP contribution in [0.15, 0.2) is 11.4 Å². The normalized spacial score (nSPS) is 13.7. The van der Waals surface area contributed by atoms with Crippen LogP contribution in [0, 0.1) is 5.41 Å². The monoisotopic (exact) mass is 271 g/mol. The lowest BCUT2D eigenvalue weighted by molar-refractivity contribution is -0.139. The van der Waals surface area contributed by atoms with Crippen LogP contribution >= 0.6 is 8.20 Å². The van der Waals surface area contributed by atoms with Gasteiger partial charge in [0.05, 0.1) is 6.61 Å². The SMILES string of the molecule is CCOC(=O)/C(C=O)=C/P=C(N(C)C)C(C)(C)C. The van der Waals surface area contributed by atoms with Gasteiger partial charge in [0.15, 0.2) is 6.29 Å². The fraction of sp³-hybridized carbons (Fsp3) is 0.615. The Morgan fingerprint density at radius 3 is 2.22 bits per heavy atom. The molecule has 0 unspecified atom stereocenters. The van der Waals surface area contributed by atoms with Crippen molar-refractivity contribution in [3.63, 3.8) is 0 Å². The molecule has 0 rings (SSSR count). The average Bonchev–Trinajstić information content (AvgIpc) is 2.22. The van der Waals surface area contributed by atoms with Crippen molar-refractivity contribution < 1.29 is 14.3 Å². The summed E-state index contributed by atoms with van der Waals surface area (Å²) in [6, 6.07) is 0. The maximum absolute atomic E-state index is 11.5. The largest absolute Gasteiger partial charge is 0.462 e. The number of aldehydes is 1. The van der Waals surface area contributed by atoms with Crippen LogP contribution in [-0.2, 0) is 14.3 Å². The fourth-order valence-corrected chi connectivity index (χ4v) is 2.50. The summed E-state index contributed by atoms with van der Waals surface area (Å²) in [5.74, 6) is 1.04.